The van der Waals surface area contributed by atoms with Gasteiger partial charge in [-0.05, 0) is 33.1 Å². The number of hydrazine groups is 1. The van der Waals surface area contributed by atoms with Gasteiger partial charge < -0.3 is 10.1 Å². The van der Waals surface area contributed by atoms with Gasteiger partial charge in [-0.15, -0.1) is 0 Å². The fourth-order valence-electron chi connectivity index (χ4n) is 2.13. The van der Waals surface area contributed by atoms with Crippen LogP contribution in [0.25, 0.3) is 0 Å². The molecule has 1 aliphatic heterocycles. The summed E-state index contributed by atoms with van der Waals surface area (Å²) in [5, 5.41) is 5.34. The number of hydrogen-bond donors (Lipinski definition) is 2. The van der Waals surface area contributed by atoms with Crippen LogP contribution < -0.4 is 15.5 Å². The molecule has 0 aliphatic carbocycles. The summed E-state index contributed by atoms with van der Waals surface area (Å²) < 4.78 is 5.60. The van der Waals surface area contributed by atoms with E-state index in [0.717, 1.165) is 26.1 Å². The van der Waals surface area contributed by atoms with E-state index in [1.165, 1.54) is 19.3 Å². The van der Waals surface area contributed by atoms with Gasteiger partial charge in [0.05, 0.1) is 6.10 Å². The lowest BCUT2D eigenvalue weighted by Crippen LogP contribution is -2.35. The van der Waals surface area contributed by atoms with Crippen molar-refractivity contribution in [2.45, 2.75) is 52.6 Å². The molecule has 118 valence electrons. The second kappa shape index (κ2) is 7.97. The molecule has 0 unspecified atom stereocenters. The summed E-state index contributed by atoms with van der Waals surface area (Å²) in [6, 6.07) is 0.359. The molecule has 0 saturated carbocycles. The fourth-order valence-corrected chi connectivity index (χ4v) is 2.13. The number of hydrogen-bond acceptors (Lipinski definition) is 7. The second-order valence-corrected chi connectivity index (χ2v) is 5.52. The smallest absolute Gasteiger partial charge is 0.323 e. The van der Waals surface area contributed by atoms with Crippen molar-refractivity contribution in [1.82, 2.24) is 20.0 Å². The van der Waals surface area contributed by atoms with Gasteiger partial charge in [0, 0.05) is 19.6 Å². The van der Waals surface area contributed by atoms with Gasteiger partial charge in [-0.25, -0.2) is 5.01 Å². The molecule has 2 N–H and O–H groups in total. The van der Waals surface area contributed by atoms with Crippen molar-refractivity contribution < 1.29 is 4.74 Å². The zero-order chi connectivity index (χ0) is 15.1. The largest absolute Gasteiger partial charge is 0.461 e. The monoisotopic (exact) mass is 294 g/mol. The Morgan fingerprint density at radius 3 is 2.48 bits per heavy atom. The van der Waals surface area contributed by atoms with Crippen LogP contribution >= 0.6 is 0 Å². The van der Waals surface area contributed by atoms with Crippen LogP contribution in [-0.4, -0.2) is 45.7 Å². The summed E-state index contributed by atoms with van der Waals surface area (Å²) in [6.45, 7) is 8.88. The van der Waals surface area contributed by atoms with Crippen LogP contribution in [0.2, 0.25) is 0 Å². The molecule has 0 spiro atoms. The van der Waals surface area contributed by atoms with E-state index in [2.05, 4.69) is 37.6 Å². The second-order valence-electron chi connectivity index (χ2n) is 5.52. The lowest BCUT2D eigenvalue weighted by atomic mass is 10.2. The fraction of sp³-hybridized carbons (Fsp3) is 0.786. The Bertz CT molecular complexity index is 433. The summed E-state index contributed by atoms with van der Waals surface area (Å²) in [6.07, 6.45) is 4.75. The Hall–Kier alpha value is -1.63. The third kappa shape index (κ3) is 5.34. The first-order valence-corrected chi connectivity index (χ1v) is 7.85. The summed E-state index contributed by atoms with van der Waals surface area (Å²) in [5.74, 6) is 1.10. The molecular formula is C14H26N6O. The van der Waals surface area contributed by atoms with Crippen molar-refractivity contribution in [3.63, 3.8) is 0 Å². The van der Waals surface area contributed by atoms with Crippen LogP contribution in [0.5, 0.6) is 6.01 Å². The third-order valence-electron chi connectivity index (χ3n) is 3.10. The zero-order valence-electron chi connectivity index (χ0n) is 13.2. The van der Waals surface area contributed by atoms with Crippen molar-refractivity contribution in [3.8, 4) is 6.01 Å². The Labute approximate surface area is 126 Å². The van der Waals surface area contributed by atoms with E-state index in [1.54, 1.807) is 0 Å². The molecule has 7 nitrogen and oxygen atoms in total. The van der Waals surface area contributed by atoms with Crippen LogP contribution in [0, 0.1) is 0 Å². The standard InChI is InChI=1S/C14H26N6O/c1-4-8-15-12-16-13(18-14(17-12)21-11(2)3)19-20-9-6-5-7-10-20/h11H,4-10H2,1-3H3,(H2,15,16,17,18,19). The van der Waals surface area contributed by atoms with Crippen molar-refractivity contribution in [1.29, 1.82) is 0 Å². The molecule has 1 fully saturated rings. The average molecular weight is 294 g/mol. The predicted molar refractivity (Wildman–Crippen MR) is 83.4 cm³/mol. The van der Waals surface area contributed by atoms with Crippen molar-refractivity contribution >= 4 is 11.9 Å². The summed E-state index contributed by atoms with van der Waals surface area (Å²) in [5.41, 5.74) is 3.26. The summed E-state index contributed by atoms with van der Waals surface area (Å²) in [4.78, 5) is 13.0. The van der Waals surface area contributed by atoms with Crippen molar-refractivity contribution in [2.75, 3.05) is 30.4 Å². The number of aromatic nitrogens is 3. The van der Waals surface area contributed by atoms with Gasteiger partial charge in [0.15, 0.2) is 0 Å². The molecule has 1 saturated heterocycles. The van der Waals surface area contributed by atoms with Gasteiger partial charge in [0.2, 0.25) is 11.9 Å². The van der Waals surface area contributed by atoms with Gasteiger partial charge >= 0.3 is 6.01 Å². The molecule has 0 amide bonds. The molecule has 0 radical (unpaired) electrons. The first-order valence-electron chi connectivity index (χ1n) is 7.85. The highest BCUT2D eigenvalue weighted by Crippen LogP contribution is 2.15. The van der Waals surface area contributed by atoms with E-state index in [-0.39, 0.29) is 6.10 Å². The number of piperidine rings is 1. The maximum atomic E-state index is 5.60. The van der Waals surface area contributed by atoms with E-state index < -0.39 is 0 Å². The van der Waals surface area contributed by atoms with Gasteiger partial charge in [-0.1, -0.05) is 13.3 Å². The molecule has 0 atom stereocenters. The summed E-state index contributed by atoms with van der Waals surface area (Å²) >= 11 is 0. The topological polar surface area (TPSA) is 75.2 Å². The third-order valence-corrected chi connectivity index (χ3v) is 3.10. The van der Waals surface area contributed by atoms with E-state index >= 15 is 0 Å². The maximum Gasteiger partial charge on any atom is 0.323 e. The Balaban J connectivity index is 2.09. The molecule has 1 aromatic rings. The van der Waals surface area contributed by atoms with E-state index in [0.29, 0.717) is 17.9 Å². The number of anilines is 2. The molecule has 0 bridgehead atoms. The molecule has 7 heteroatoms. The summed E-state index contributed by atoms with van der Waals surface area (Å²) in [7, 11) is 0. The van der Waals surface area contributed by atoms with E-state index in [4.69, 9.17) is 4.74 Å². The molecule has 0 aromatic carbocycles. The van der Waals surface area contributed by atoms with Gasteiger partial charge in [0.1, 0.15) is 0 Å². The SMILES string of the molecule is CCCNc1nc(NN2CCCCC2)nc(OC(C)C)n1. The van der Waals surface area contributed by atoms with Crippen LogP contribution in [-0.2, 0) is 0 Å². The molecule has 21 heavy (non-hydrogen) atoms. The van der Waals surface area contributed by atoms with Crippen LogP contribution in [0.3, 0.4) is 0 Å². The van der Waals surface area contributed by atoms with Gasteiger partial charge in [-0.2, -0.15) is 15.0 Å². The maximum absolute atomic E-state index is 5.60. The van der Waals surface area contributed by atoms with Gasteiger partial charge in [0.25, 0.3) is 0 Å². The molecule has 2 rings (SSSR count). The van der Waals surface area contributed by atoms with Gasteiger partial charge in [-0.3, -0.25) is 5.43 Å². The average Bonchev–Trinajstić information content (AvgIpc) is 2.45. The first kappa shape index (κ1) is 15.8. The highest BCUT2D eigenvalue weighted by molar-refractivity contribution is 5.35. The van der Waals surface area contributed by atoms with Crippen molar-refractivity contribution in [2.24, 2.45) is 0 Å². The Kier molecular flexibility index (Phi) is 5.98. The zero-order valence-corrected chi connectivity index (χ0v) is 13.2. The lowest BCUT2D eigenvalue weighted by Gasteiger charge is -2.26. The normalized spacial score (nSPS) is 16.0. The highest BCUT2D eigenvalue weighted by atomic mass is 16.5. The predicted octanol–water partition coefficient (Wildman–Crippen LogP) is 2.29. The molecule has 2 heterocycles. The van der Waals surface area contributed by atoms with E-state index in [1.807, 2.05) is 13.8 Å². The quantitative estimate of drug-likeness (QED) is 0.799. The lowest BCUT2D eigenvalue weighted by molar-refractivity contribution is 0.221. The Morgan fingerprint density at radius 1 is 1.10 bits per heavy atom. The van der Waals surface area contributed by atoms with Crippen LogP contribution in [0.15, 0.2) is 0 Å². The number of nitrogens with zero attached hydrogens (tertiary/aromatic N) is 4. The number of nitrogens with one attached hydrogen (secondary N) is 2. The number of ether oxygens (including phenoxy) is 1. The first-order chi connectivity index (χ1) is 10.2. The highest BCUT2D eigenvalue weighted by Gasteiger charge is 2.14. The van der Waals surface area contributed by atoms with Crippen LogP contribution in [0.1, 0.15) is 46.5 Å². The minimum Gasteiger partial charge on any atom is -0.461 e. The minimum absolute atomic E-state index is 0.0364. The molecular weight excluding hydrogens is 268 g/mol. The molecule has 1 aliphatic rings. The van der Waals surface area contributed by atoms with Crippen molar-refractivity contribution in [3.05, 3.63) is 0 Å². The minimum atomic E-state index is 0.0364. The Morgan fingerprint density at radius 2 is 1.81 bits per heavy atom. The molecule has 1 aromatic heterocycles. The van der Waals surface area contributed by atoms with Crippen LogP contribution in [0.4, 0.5) is 11.9 Å². The van der Waals surface area contributed by atoms with E-state index in [9.17, 15) is 0 Å². The number of rotatable bonds is 7.